The first-order valence-electron chi connectivity index (χ1n) is 8.00. The van der Waals surface area contributed by atoms with Gasteiger partial charge in [-0.25, -0.2) is 0 Å². The van der Waals surface area contributed by atoms with Crippen molar-refractivity contribution in [3.63, 3.8) is 0 Å². The van der Waals surface area contributed by atoms with Gasteiger partial charge in [0, 0.05) is 6.54 Å². The SMILES string of the molecule is COc1ccc(C)cc1NC(=S)NCc1cc(OC)c(OC)c(OC)c1. The molecule has 2 aromatic rings. The molecule has 0 bridgehead atoms. The van der Waals surface area contributed by atoms with E-state index in [1.165, 1.54) is 0 Å². The van der Waals surface area contributed by atoms with E-state index in [1.807, 2.05) is 37.3 Å². The molecule has 0 aliphatic heterocycles. The van der Waals surface area contributed by atoms with E-state index in [0.717, 1.165) is 22.6 Å². The van der Waals surface area contributed by atoms with E-state index in [4.69, 9.17) is 31.2 Å². The minimum absolute atomic E-state index is 0.489. The fourth-order valence-corrected chi connectivity index (χ4v) is 2.69. The highest BCUT2D eigenvalue weighted by atomic mass is 32.1. The number of thiocarbonyl (C=S) groups is 1. The van der Waals surface area contributed by atoms with E-state index in [0.29, 0.717) is 28.9 Å². The molecule has 140 valence electrons. The average Bonchev–Trinajstić information content (AvgIpc) is 2.65. The van der Waals surface area contributed by atoms with Crippen molar-refractivity contribution < 1.29 is 18.9 Å². The second-order valence-electron chi connectivity index (χ2n) is 5.55. The summed E-state index contributed by atoms with van der Waals surface area (Å²) in [4.78, 5) is 0. The van der Waals surface area contributed by atoms with Gasteiger partial charge in [0.2, 0.25) is 5.75 Å². The highest BCUT2D eigenvalue weighted by Gasteiger charge is 2.13. The topological polar surface area (TPSA) is 61.0 Å². The van der Waals surface area contributed by atoms with Gasteiger partial charge < -0.3 is 29.6 Å². The van der Waals surface area contributed by atoms with Crippen LogP contribution in [0.25, 0.3) is 0 Å². The van der Waals surface area contributed by atoms with E-state index >= 15 is 0 Å². The fraction of sp³-hybridized carbons (Fsp3) is 0.316. The molecule has 0 heterocycles. The molecule has 6 nitrogen and oxygen atoms in total. The van der Waals surface area contributed by atoms with Gasteiger partial charge in [-0.15, -0.1) is 0 Å². The van der Waals surface area contributed by atoms with Crippen molar-refractivity contribution in [2.75, 3.05) is 33.8 Å². The molecule has 0 aliphatic carbocycles. The zero-order chi connectivity index (χ0) is 19.1. The summed E-state index contributed by atoms with van der Waals surface area (Å²) in [5, 5.41) is 6.82. The molecule has 2 N–H and O–H groups in total. The molecule has 0 aromatic heterocycles. The van der Waals surface area contributed by atoms with Crippen molar-refractivity contribution in [2.45, 2.75) is 13.5 Å². The van der Waals surface area contributed by atoms with Gasteiger partial charge in [0.25, 0.3) is 0 Å². The van der Waals surface area contributed by atoms with Gasteiger partial charge in [-0.05, 0) is 54.5 Å². The Labute approximate surface area is 159 Å². The van der Waals surface area contributed by atoms with Crippen molar-refractivity contribution in [1.29, 1.82) is 0 Å². The maximum absolute atomic E-state index is 5.39. The minimum Gasteiger partial charge on any atom is -0.495 e. The molecule has 0 saturated heterocycles. The Kier molecular flexibility index (Phi) is 6.91. The third-order valence-corrected chi connectivity index (χ3v) is 4.03. The summed E-state index contributed by atoms with van der Waals surface area (Å²) in [5.74, 6) is 2.49. The largest absolute Gasteiger partial charge is 0.495 e. The van der Waals surface area contributed by atoms with Gasteiger partial charge in [0.05, 0.1) is 34.1 Å². The van der Waals surface area contributed by atoms with Gasteiger partial charge in [-0.2, -0.15) is 0 Å². The van der Waals surface area contributed by atoms with Crippen LogP contribution in [0.2, 0.25) is 0 Å². The number of aryl methyl sites for hydroxylation is 1. The first kappa shape index (κ1) is 19.7. The summed E-state index contributed by atoms with van der Waals surface area (Å²) in [6.07, 6.45) is 0. The van der Waals surface area contributed by atoms with Crippen LogP contribution in [0.5, 0.6) is 23.0 Å². The number of ether oxygens (including phenoxy) is 4. The molecule has 0 unspecified atom stereocenters. The Morgan fingerprint density at radius 2 is 1.50 bits per heavy atom. The van der Waals surface area contributed by atoms with Crippen LogP contribution in [0.3, 0.4) is 0 Å². The molecule has 0 spiro atoms. The molecular weight excluding hydrogens is 352 g/mol. The second kappa shape index (κ2) is 9.15. The van der Waals surface area contributed by atoms with E-state index in [1.54, 1.807) is 28.4 Å². The molecule has 0 atom stereocenters. The van der Waals surface area contributed by atoms with Crippen molar-refractivity contribution in [2.24, 2.45) is 0 Å². The Balaban J connectivity index is 2.09. The monoisotopic (exact) mass is 376 g/mol. The molecule has 26 heavy (non-hydrogen) atoms. The van der Waals surface area contributed by atoms with Crippen LogP contribution in [0.4, 0.5) is 5.69 Å². The number of methoxy groups -OCH3 is 4. The van der Waals surface area contributed by atoms with E-state index in [9.17, 15) is 0 Å². The number of nitrogens with one attached hydrogen (secondary N) is 2. The Bertz CT molecular complexity index is 755. The average molecular weight is 376 g/mol. The van der Waals surface area contributed by atoms with Crippen molar-refractivity contribution in [3.05, 3.63) is 41.5 Å². The van der Waals surface area contributed by atoms with Gasteiger partial charge >= 0.3 is 0 Å². The lowest BCUT2D eigenvalue weighted by molar-refractivity contribution is 0.323. The zero-order valence-electron chi connectivity index (χ0n) is 15.6. The zero-order valence-corrected chi connectivity index (χ0v) is 16.5. The van der Waals surface area contributed by atoms with Crippen LogP contribution in [-0.2, 0) is 6.54 Å². The Morgan fingerprint density at radius 3 is 2.04 bits per heavy atom. The maximum atomic E-state index is 5.39. The predicted octanol–water partition coefficient (Wildman–Crippen LogP) is 3.52. The lowest BCUT2D eigenvalue weighted by Gasteiger charge is -2.16. The quantitative estimate of drug-likeness (QED) is 0.717. The van der Waals surface area contributed by atoms with Gasteiger partial charge in [-0.1, -0.05) is 6.07 Å². The standard InChI is InChI=1S/C19H24N2O4S/c1-12-6-7-15(22-2)14(8-12)21-19(26)20-11-13-9-16(23-3)18(25-5)17(10-13)24-4/h6-10H,11H2,1-5H3,(H2,20,21,26). The highest BCUT2D eigenvalue weighted by Crippen LogP contribution is 2.38. The highest BCUT2D eigenvalue weighted by molar-refractivity contribution is 7.80. The molecule has 0 fully saturated rings. The third kappa shape index (κ3) is 4.70. The number of hydrogen-bond donors (Lipinski definition) is 2. The fourth-order valence-electron chi connectivity index (χ4n) is 2.51. The van der Waals surface area contributed by atoms with Crippen LogP contribution in [0.15, 0.2) is 30.3 Å². The smallest absolute Gasteiger partial charge is 0.203 e. The Morgan fingerprint density at radius 1 is 0.885 bits per heavy atom. The molecule has 0 saturated carbocycles. The number of rotatable bonds is 7. The summed E-state index contributed by atoms with van der Waals surface area (Å²) in [6, 6.07) is 9.62. The third-order valence-electron chi connectivity index (χ3n) is 3.78. The van der Waals surface area contributed by atoms with Crippen LogP contribution >= 0.6 is 12.2 Å². The normalized spacial score (nSPS) is 10.0. The first-order valence-corrected chi connectivity index (χ1v) is 8.41. The van der Waals surface area contributed by atoms with Crippen molar-refractivity contribution in [3.8, 4) is 23.0 Å². The van der Waals surface area contributed by atoms with Crippen molar-refractivity contribution in [1.82, 2.24) is 5.32 Å². The molecule has 2 rings (SSSR count). The summed E-state index contributed by atoms with van der Waals surface area (Å²) in [5.41, 5.74) is 2.87. The molecular formula is C19H24N2O4S. The molecule has 0 radical (unpaired) electrons. The van der Waals surface area contributed by atoms with E-state index < -0.39 is 0 Å². The van der Waals surface area contributed by atoms with Crippen LogP contribution in [0, 0.1) is 6.92 Å². The molecule has 0 amide bonds. The van der Waals surface area contributed by atoms with Crippen LogP contribution < -0.4 is 29.6 Å². The maximum Gasteiger partial charge on any atom is 0.203 e. The predicted molar refractivity (Wildman–Crippen MR) is 107 cm³/mol. The number of benzene rings is 2. The summed E-state index contributed by atoms with van der Waals surface area (Å²) in [7, 11) is 6.38. The first-order chi connectivity index (χ1) is 12.5. The van der Waals surface area contributed by atoms with E-state index in [-0.39, 0.29) is 0 Å². The van der Waals surface area contributed by atoms with Crippen LogP contribution in [0.1, 0.15) is 11.1 Å². The van der Waals surface area contributed by atoms with Gasteiger partial charge in [0.1, 0.15) is 5.75 Å². The van der Waals surface area contributed by atoms with Gasteiger partial charge in [0.15, 0.2) is 16.6 Å². The lowest BCUT2D eigenvalue weighted by atomic mass is 10.2. The minimum atomic E-state index is 0.489. The summed E-state index contributed by atoms with van der Waals surface area (Å²) < 4.78 is 21.4. The number of anilines is 1. The summed E-state index contributed by atoms with van der Waals surface area (Å²) >= 11 is 5.39. The Hall–Kier alpha value is -2.67. The molecule has 0 aliphatic rings. The molecule has 2 aromatic carbocycles. The second-order valence-corrected chi connectivity index (χ2v) is 5.95. The van der Waals surface area contributed by atoms with Crippen molar-refractivity contribution >= 4 is 23.0 Å². The summed E-state index contributed by atoms with van der Waals surface area (Å²) in [6.45, 7) is 2.51. The van der Waals surface area contributed by atoms with Crippen LogP contribution in [-0.4, -0.2) is 33.6 Å². The molecule has 7 heteroatoms. The van der Waals surface area contributed by atoms with Gasteiger partial charge in [-0.3, -0.25) is 0 Å². The lowest BCUT2D eigenvalue weighted by Crippen LogP contribution is -2.28. The number of hydrogen-bond acceptors (Lipinski definition) is 5. The van der Waals surface area contributed by atoms with E-state index in [2.05, 4.69) is 10.6 Å².